The van der Waals surface area contributed by atoms with E-state index in [1.807, 2.05) is 6.92 Å². The zero-order valence-corrected chi connectivity index (χ0v) is 13.6. The van der Waals surface area contributed by atoms with Gasteiger partial charge in [0.2, 0.25) is 11.6 Å². The first-order valence-electron chi connectivity index (χ1n) is 8.87. The van der Waals surface area contributed by atoms with E-state index in [1.54, 1.807) is 6.08 Å². The molecule has 0 aromatic rings. The Balaban J connectivity index is 1.77. The first-order valence-corrected chi connectivity index (χ1v) is 8.87. The van der Waals surface area contributed by atoms with Crippen molar-refractivity contribution in [1.29, 1.82) is 0 Å². The molecular weight excluding hydrogens is 276 g/mol. The smallest absolute Gasteiger partial charge is 0.222 e. The first-order chi connectivity index (χ1) is 10.4. The van der Waals surface area contributed by atoms with Crippen LogP contribution < -0.4 is 0 Å². The summed E-state index contributed by atoms with van der Waals surface area (Å²) in [6.07, 6.45) is 8.81. The number of hydrogen-bond acceptors (Lipinski definition) is 3. The van der Waals surface area contributed by atoms with Gasteiger partial charge in [0.05, 0.1) is 11.5 Å². The van der Waals surface area contributed by atoms with Crippen LogP contribution in [-0.4, -0.2) is 22.8 Å². The molecule has 0 saturated heterocycles. The molecule has 3 fully saturated rings. The number of aliphatic hydroxyl groups excluding tert-OH is 1. The second-order valence-corrected chi connectivity index (χ2v) is 8.55. The highest BCUT2D eigenvalue weighted by molar-refractivity contribution is 6.46. The fourth-order valence-electron chi connectivity index (χ4n) is 6.29. The average molecular weight is 302 g/mol. The summed E-state index contributed by atoms with van der Waals surface area (Å²) in [6, 6.07) is 0. The number of rotatable bonds is 0. The minimum atomic E-state index is -0.628. The van der Waals surface area contributed by atoms with E-state index < -0.39 is 5.41 Å². The summed E-state index contributed by atoms with van der Waals surface area (Å²) in [5.74, 6) is 0.466. The van der Waals surface area contributed by atoms with E-state index in [2.05, 4.69) is 6.92 Å². The highest BCUT2D eigenvalue weighted by atomic mass is 16.3. The highest BCUT2D eigenvalue weighted by Gasteiger charge is 2.60. The number of allylic oxidation sites excluding steroid dienone is 1. The molecule has 3 heteroatoms. The Morgan fingerprint density at radius 1 is 1.14 bits per heavy atom. The van der Waals surface area contributed by atoms with Crippen molar-refractivity contribution in [1.82, 2.24) is 0 Å². The largest absolute Gasteiger partial charge is 0.392 e. The van der Waals surface area contributed by atoms with Gasteiger partial charge in [0.1, 0.15) is 0 Å². The summed E-state index contributed by atoms with van der Waals surface area (Å²) in [5, 5.41) is 10.8. The summed E-state index contributed by atoms with van der Waals surface area (Å²) in [4.78, 5) is 24.3. The molecule has 0 radical (unpaired) electrons. The van der Waals surface area contributed by atoms with Crippen molar-refractivity contribution >= 4 is 11.6 Å². The molecule has 0 heterocycles. The second kappa shape index (κ2) is 4.53. The number of carbonyl (C=O) groups is 2. The first kappa shape index (κ1) is 14.6. The van der Waals surface area contributed by atoms with Crippen LogP contribution >= 0.6 is 0 Å². The fraction of sp³-hybridized carbons (Fsp3) is 0.789. The summed E-state index contributed by atoms with van der Waals surface area (Å²) in [7, 11) is 0. The minimum Gasteiger partial charge on any atom is -0.392 e. The molecule has 4 aliphatic rings. The monoisotopic (exact) mass is 302 g/mol. The molecule has 6 atom stereocenters. The molecule has 0 amide bonds. The molecule has 3 saturated carbocycles. The molecule has 3 nitrogen and oxygen atoms in total. The van der Waals surface area contributed by atoms with E-state index in [0.717, 1.165) is 24.8 Å². The number of carbonyl (C=O) groups excluding carboxylic acids is 2. The van der Waals surface area contributed by atoms with Crippen LogP contribution in [0, 0.1) is 28.6 Å². The van der Waals surface area contributed by atoms with Crippen molar-refractivity contribution in [2.24, 2.45) is 28.6 Å². The predicted octanol–water partition coefficient (Wildman–Crippen LogP) is 3.06. The highest BCUT2D eigenvalue weighted by Crippen LogP contribution is 2.63. The quantitative estimate of drug-likeness (QED) is 0.700. The summed E-state index contributed by atoms with van der Waals surface area (Å²) >= 11 is 0. The minimum absolute atomic E-state index is 0.0218. The van der Waals surface area contributed by atoms with Gasteiger partial charge in [0.15, 0.2) is 0 Å². The molecule has 0 aliphatic heterocycles. The molecule has 1 N–H and O–H groups in total. The fourth-order valence-corrected chi connectivity index (χ4v) is 6.29. The lowest BCUT2D eigenvalue weighted by molar-refractivity contribution is -0.141. The summed E-state index contributed by atoms with van der Waals surface area (Å²) in [6.45, 7) is 4.33. The van der Waals surface area contributed by atoms with Crippen LogP contribution in [0.25, 0.3) is 0 Å². The third kappa shape index (κ3) is 1.66. The molecule has 22 heavy (non-hydrogen) atoms. The van der Waals surface area contributed by atoms with Crippen molar-refractivity contribution in [3.8, 4) is 0 Å². The van der Waals surface area contributed by atoms with Crippen molar-refractivity contribution in [3.05, 3.63) is 11.6 Å². The van der Waals surface area contributed by atoms with Gasteiger partial charge in [-0.1, -0.05) is 19.8 Å². The van der Waals surface area contributed by atoms with E-state index >= 15 is 0 Å². The predicted molar refractivity (Wildman–Crippen MR) is 83.1 cm³/mol. The lowest BCUT2D eigenvalue weighted by Gasteiger charge is -2.59. The van der Waals surface area contributed by atoms with Crippen LogP contribution in [0.2, 0.25) is 0 Å². The Hall–Kier alpha value is -0.960. The van der Waals surface area contributed by atoms with Crippen molar-refractivity contribution in [2.75, 3.05) is 0 Å². The average Bonchev–Trinajstić information content (AvgIpc) is 2.71. The molecule has 1 unspecified atom stereocenters. The van der Waals surface area contributed by atoms with Gasteiger partial charge in [0, 0.05) is 5.92 Å². The zero-order valence-electron chi connectivity index (χ0n) is 13.6. The maximum atomic E-state index is 12.3. The van der Waals surface area contributed by atoms with Gasteiger partial charge >= 0.3 is 0 Å². The Morgan fingerprint density at radius 2 is 1.91 bits per heavy atom. The Kier molecular flexibility index (Phi) is 3.01. The van der Waals surface area contributed by atoms with E-state index in [-0.39, 0.29) is 29.0 Å². The number of Topliss-reactive ketones (excluding diaryl/α,β-unsaturated/α-hetero) is 1. The van der Waals surface area contributed by atoms with E-state index in [0.29, 0.717) is 11.8 Å². The molecule has 0 aromatic carbocycles. The lowest BCUT2D eigenvalue weighted by atomic mass is 9.46. The van der Waals surface area contributed by atoms with Gasteiger partial charge in [0.25, 0.3) is 0 Å². The topological polar surface area (TPSA) is 54.4 Å². The molecule has 4 aliphatic carbocycles. The summed E-state index contributed by atoms with van der Waals surface area (Å²) < 4.78 is 0. The zero-order chi connectivity index (χ0) is 15.7. The lowest BCUT2D eigenvalue weighted by Crippen LogP contribution is -2.55. The van der Waals surface area contributed by atoms with Crippen LogP contribution in [0.5, 0.6) is 0 Å². The van der Waals surface area contributed by atoms with Crippen molar-refractivity contribution < 1.29 is 14.7 Å². The van der Waals surface area contributed by atoms with Gasteiger partial charge in [-0.15, -0.1) is 0 Å². The third-order valence-corrected chi connectivity index (χ3v) is 7.63. The summed E-state index contributed by atoms with van der Waals surface area (Å²) in [5.41, 5.74) is 0.604. The maximum absolute atomic E-state index is 12.3. The Bertz CT molecular complexity index is 577. The van der Waals surface area contributed by atoms with E-state index in [4.69, 9.17) is 0 Å². The molecule has 120 valence electrons. The molecule has 4 rings (SSSR count). The number of fused-ring (bicyclic) bond motifs is 5. The number of hydrogen-bond donors (Lipinski definition) is 1. The van der Waals surface area contributed by atoms with Crippen LogP contribution in [0.3, 0.4) is 0 Å². The van der Waals surface area contributed by atoms with Gasteiger partial charge in [-0.2, -0.15) is 0 Å². The van der Waals surface area contributed by atoms with Gasteiger partial charge in [-0.05, 0) is 67.9 Å². The van der Waals surface area contributed by atoms with Crippen LogP contribution in [0.4, 0.5) is 0 Å². The maximum Gasteiger partial charge on any atom is 0.222 e. The standard InChI is InChI=1S/C19H26O3/c1-18-7-4-3-5-11(18)9-14(20)16-12(18)6-8-19(2)13(16)10-15(21)17(19)22/h10-12,14,16,20H,3-9H2,1-2H3/t11?,12-,14+,16+,18-,19-/m0/s1. The molecule has 0 aromatic heterocycles. The van der Waals surface area contributed by atoms with Gasteiger partial charge < -0.3 is 5.11 Å². The number of ketones is 2. The van der Waals surface area contributed by atoms with E-state index in [1.165, 1.54) is 25.7 Å². The Morgan fingerprint density at radius 3 is 2.68 bits per heavy atom. The normalized spacial score (nSPS) is 51.0. The van der Waals surface area contributed by atoms with Gasteiger partial charge in [-0.25, -0.2) is 0 Å². The molecular formula is C19H26O3. The van der Waals surface area contributed by atoms with Crippen molar-refractivity contribution in [3.63, 3.8) is 0 Å². The molecule has 0 spiro atoms. The van der Waals surface area contributed by atoms with E-state index in [9.17, 15) is 14.7 Å². The Labute approximate surface area is 132 Å². The van der Waals surface area contributed by atoms with Crippen LogP contribution in [-0.2, 0) is 9.59 Å². The SMILES string of the molecule is C[C@]12CC[C@H]3[C@H](C1=CC(=O)C2=O)[C@H](O)CC1CCCC[C@@]13C. The number of aliphatic hydroxyl groups is 1. The van der Waals surface area contributed by atoms with Gasteiger partial charge in [-0.3, -0.25) is 9.59 Å². The second-order valence-electron chi connectivity index (χ2n) is 8.55. The molecule has 0 bridgehead atoms. The van der Waals surface area contributed by atoms with Crippen LogP contribution in [0.15, 0.2) is 11.6 Å². The van der Waals surface area contributed by atoms with Crippen LogP contribution in [0.1, 0.15) is 58.8 Å². The third-order valence-electron chi connectivity index (χ3n) is 7.63. The van der Waals surface area contributed by atoms with Crippen molar-refractivity contribution in [2.45, 2.75) is 64.9 Å².